The van der Waals surface area contributed by atoms with Gasteiger partial charge >= 0.3 is 0 Å². The molecule has 0 unspecified atom stereocenters. The van der Waals surface area contributed by atoms with Crippen molar-refractivity contribution in [3.8, 4) is 22.6 Å². The van der Waals surface area contributed by atoms with Crippen LogP contribution < -0.4 is 0 Å². The van der Waals surface area contributed by atoms with E-state index in [0.717, 1.165) is 23.3 Å². The van der Waals surface area contributed by atoms with Gasteiger partial charge < -0.3 is 0 Å². The van der Waals surface area contributed by atoms with Gasteiger partial charge in [0.1, 0.15) is 6.33 Å². The van der Waals surface area contributed by atoms with Crippen LogP contribution in [0.25, 0.3) is 28.3 Å². The lowest BCUT2D eigenvalue weighted by molar-refractivity contribution is 0.433. The summed E-state index contributed by atoms with van der Waals surface area (Å²) in [5.74, 6) is 0.660. The molecule has 0 atom stereocenters. The van der Waals surface area contributed by atoms with Crippen molar-refractivity contribution in [2.24, 2.45) is 0 Å². The summed E-state index contributed by atoms with van der Waals surface area (Å²) in [7, 11) is 0. The van der Waals surface area contributed by atoms with Crippen molar-refractivity contribution < 1.29 is 0 Å². The van der Waals surface area contributed by atoms with E-state index in [1.54, 1.807) is 6.33 Å². The van der Waals surface area contributed by atoms with E-state index in [1.165, 1.54) is 42.4 Å². The monoisotopic (exact) mass is 386 g/mol. The van der Waals surface area contributed by atoms with Gasteiger partial charge in [0.05, 0.1) is 10.7 Å². The Balaban J connectivity index is 1.66. The highest BCUT2D eigenvalue weighted by molar-refractivity contribution is 6.33. The highest BCUT2D eigenvalue weighted by atomic mass is 35.5. The topological polar surface area (TPSA) is 43.1 Å². The van der Waals surface area contributed by atoms with Gasteiger partial charge in [-0.15, -0.1) is 5.10 Å². The van der Waals surface area contributed by atoms with Crippen molar-refractivity contribution >= 4 is 17.2 Å². The number of benzene rings is 2. The van der Waals surface area contributed by atoms with Crippen LogP contribution in [0.5, 0.6) is 0 Å². The van der Waals surface area contributed by atoms with E-state index in [0.29, 0.717) is 10.8 Å². The first kappa shape index (κ1) is 16.3. The van der Waals surface area contributed by atoms with Crippen LogP contribution in [-0.4, -0.2) is 19.6 Å². The second-order valence-electron chi connectivity index (χ2n) is 7.97. The van der Waals surface area contributed by atoms with Crippen molar-refractivity contribution in [2.45, 2.75) is 37.5 Å². The first-order valence-corrected chi connectivity index (χ1v) is 10.2. The minimum Gasteiger partial charge on any atom is -0.236 e. The molecule has 1 fully saturated rings. The SMILES string of the molecule is Clc1ccccc1-c1nc2c3c(ncn2n1)-c1ccccc1CC31CCCC1. The normalized spacial score (nSPS) is 17.0. The summed E-state index contributed by atoms with van der Waals surface area (Å²) in [5, 5.41) is 5.39. The summed E-state index contributed by atoms with van der Waals surface area (Å²) in [4.78, 5) is 9.84. The third-order valence-corrected chi connectivity index (χ3v) is 6.72. The minimum atomic E-state index is 0.115. The molecular weight excluding hydrogens is 368 g/mol. The molecule has 0 saturated heterocycles. The predicted molar refractivity (Wildman–Crippen MR) is 111 cm³/mol. The van der Waals surface area contributed by atoms with Gasteiger partial charge in [-0.25, -0.2) is 14.5 Å². The number of halogens is 1. The van der Waals surface area contributed by atoms with Crippen molar-refractivity contribution in [1.29, 1.82) is 0 Å². The Kier molecular flexibility index (Phi) is 3.42. The third-order valence-electron chi connectivity index (χ3n) is 6.39. The zero-order valence-electron chi connectivity index (χ0n) is 15.4. The van der Waals surface area contributed by atoms with Crippen LogP contribution in [0.3, 0.4) is 0 Å². The van der Waals surface area contributed by atoms with Gasteiger partial charge in [0.25, 0.3) is 0 Å². The van der Waals surface area contributed by atoms with Crippen molar-refractivity contribution in [1.82, 2.24) is 19.6 Å². The van der Waals surface area contributed by atoms with E-state index in [1.807, 2.05) is 28.8 Å². The molecule has 2 aromatic heterocycles. The predicted octanol–water partition coefficient (Wildman–Crippen LogP) is 5.48. The van der Waals surface area contributed by atoms with Gasteiger partial charge in [-0.05, 0) is 37.0 Å². The zero-order valence-corrected chi connectivity index (χ0v) is 16.2. The molecule has 0 radical (unpaired) electrons. The number of nitrogens with zero attached hydrogens (tertiary/aromatic N) is 4. The molecule has 28 heavy (non-hydrogen) atoms. The van der Waals surface area contributed by atoms with Crippen LogP contribution in [0.4, 0.5) is 0 Å². The quantitative estimate of drug-likeness (QED) is 0.435. The smallest absolute Gasteiger partial charge is 0.183 e. The van der Waals surface area contributed by atoms with E-state index in [4.69, 9.17) is 26.7 Å². The average molecular weight is 387 g/mol. The molecule has 6 rings (SSSR count). The van der Waals surface area contributed by atoms with Crippen LogP contribution in [-0.2, 0) is 11.8 Å². The Morgan fingerprint density at radius 2 is 1.68 bits per heavy atom. The molecule has 0 bridgehead atoms. The fourth-order valence-electron chi connectivity index (χ4n) is 5.14. The van der Waals surface area contributed by atoms with Crippen molar-refractivity contribution in [3.05, 3.63) is 71.0 Å². The summed E-state index contributed by atoms with van der Waals surface area (Å²) in [6.07, 6.45) is 7.74. The molecule has 2 aliphatic carbocycles. The van der Waals surface area contributed by atoms with E-state index in [-0.39, 0.29) is 5.41 Å². The van der Waals surface area contributed by atoms with E-state index >= 15 is 0 Å². The molecule has 0 aliphatic heterocycles. The molecule has 2 aliphatic rings. The first-order valence-electron chi connectivity index (χ1n) is 9.84. The molecule has 4 aromatic rings. The molecule has 1 saturated carbocycles. The third kappa shape index (κ3) is 2.21. The molecule has 138 valence electrons. The maximum absolute atomic E-state index is 6.41. The van der Waals surface area contributed by atoms with Gasteiger partial charge in [-0.1, -0.05) is 60.8 Å². The Bertz CT molecular complexity index is 1220. The molecule has 0 N–H and O–H groups in total. The summed E-state index contributed by atoms with van der Waals surface area (Å²) in [6, 6.07) is 16.4. The fourth-order valence-corrected chi connectivity index (χ4v) is 5.36. The van der Waals surface area contributed by atoms with Crippen molar-refractivity contribution in [2.75, 3.05) is 0 Å². The van der Waals surface area contributed by atoms with E-state index in [9.17, 15) is 0 Å². The highest BCUT2D eigenvalue weighted by Gasteiger charge is 2.43. The highest BCUT2D eigenvalue weighted by Crippen LogP contribution is 2.52. The number of hydrogen-bond donors (Lipinski definition) is 0. The van der Waals surface area contributed by atoms with Gasteiger partial charge in [0.2, 0.25) is 0 Å². The first-order chi connectivity index (χ1) is 13.8. The Hall–Kier alpha value is -2.72. The number of hydrogen-bond acceptors (Lipinski definition) is 3. The van der Waals surface area contributed by atoms with Crippen LogP contribution in [0.15, 0.2) is 54.9 Å². The Morgan fingerprint density at radius 1 is 0.929 bits per heavy atom. The summed E-state index contributed by atoms with van der Waals surface area (Å²) in [5.41, 5.74) is 6.89. The second kappa shape index (κ2) is 5.89. The van der Waals surface area contributed by atoms with Crippen LogP contribution in [0.2, 0.25) is 5.02 Å². The number of rotatable bonds is 1. The molecule has 2 heterocycles. The second-order valence-corrected chi connectivity index (χ2v) is 8.38. The van der Waals surface area contributed by atoms with Gasteiger partial charge in [0, 0.05) is 22.1 Å². The summed E-state index contributed by atoms with van der Waals surface area (Å²) in [6.45, 7) is 0. The van der Waals surface area contributed by atoms with Crippen LogP contribution in [0.1, 0.15) is 36.8 Å². The Morgan fingerprint density at radius 3 is 2.50 bits per heavy atom. The molecule has 5 heteroatoms. The Labute approximate surface area is 168 Å². The number of aromatic nitrogens is 4. The largest absolute Gasteiger partial charge is 0.236 e. The van der Waals surface area contributed by atoms with E-state index in [2.05, 4.69) is 24.3 Å². The maximum Gasteiger partial charge on any atom is 0.183 e. The average Bonchev–Trinajstić information content (AvgIpc) is 3.35. The molecule has 2 aromatic carbocycles. The summed E-state index contributed by atoms with van der Waals surface area (Å²) < 4.78 is 1.84. The number of fused-ring (bicyclic) bond motifs is 6. The molecule has 4 nitrogen and oxygen atoms in total. The standard InChI is InChI=1S/C23H19ClN4/c24-18-10-4-3-9-17(18)21-26-22-19-20(25-14-28(22)27-21)16-8-2-1-7-15(16)13-23(19)11-5-6-12-23/h1-4,7-10,14H,5-6,11-13H2. The van der Waals surface area contributed by atoms with Gasteiger partial charge in [-0.2, -0.15) is 0 Å². The molecular formula is C23H19ClN4. The lowest BCUT2D eigenvalue weighted by Gasteiger charge is -2.36. The zero-order chi connectivity index (χ0) is 18.7. The lowest BCUT2D eigenvalue weighted by atomic mass is 9.68. The maximum atomic E-state index is 6.41. The van der Waals surface area contributed by atoms with Crippen LogP contribution >= 0.6 is 11.6 Å². The molecule has 1 spiro atoms. The van der Waals surface area contributed by atoms with E-state index < -0.39 is 0 Å². The van der Waals surface area contributed by atoms with Gasteiger partial charge in [0.15, 0.2) is 11.5 Å². The van der Waals surface area contributed by atoms with Crippen molar-refractivity contribution in [3.63, 3.8) is 0 Å². The summed E-state index contributed by atoms with van der Waals surface area (Å²) >= 11 is 6.41. The lowest BCUT2D eigenvalue weighted by Crippen LogP contribution is -2.31. The minimum absolute atomic E-state index is 0.115. The van der Waals surface area contributed by atoms with Gasteiger partial charge in [-0.3, -0.25) is 0 Å². The molecule has 0 amide bonds. The fraction of sp³-hybridized carbons (Fsp3) is 0.261. The van der Waals surface area contributed by atoms with Crippen LogP contribution in [0, 0.1) is 0 Å².